The minimum Gasteiger partial charge on any atom is -0.372 e. The highest BCUT2D eigenvalue weighted by atomic mass is 16.5. The van der Waals surface area contributed by atoms with E-state index in [1.807, 2.05) is 23.1 Å². The number of nitrogens with two attached hydrogens (primary N) is 1. The average Bonchev–Trinajstić information content (AvgIpc) is 2.86. The first-order valence-electron chi connectivity index (χ1n) is 6.48. The van der Waals surface area contributed by atoms with E-state index in [-0.39, 0.29) is 11.9 Å². The second kappa shape index (κ2) is 4.71. The van der Waals surface area contributed by atoms with Crippen LogP contribution in [0.4, 0.5) is 0 Å². The molecule has 2 N–H and O–H groups in total. The van der Waals surface area contributed by atoms with Gasteiger partial charge in [-0.15, -0.1) is 0 Å². The van der Waals surface area contributed by atoms with Crippen LogP contribution in [0.5, 0.6) is 0 Å². The summed E-state index contributed by atoms with van der Waals surface area (Å²) >= 11 is 0. The molecule has 96 valence electrons. The number of carbonyl (C=O) groups excluding carboxylic acids is 1. The van der Waals surface area contributed by atoms with Gasteiger partial charge in [0.1, 0.15) is 0 Å². The van der Waals surface area contributed by atoms with Crippen LogP contribution in [0.25, 0.3) is 0 Å². The van der Waals surface area contributed by atoms with Gasteiger partial charge in [-0.25, -0.2) is 0 Å². The summed E-state index contributed by atoms with van der Waals surface area (Å²) in [6.07, 6.45) is 1.81. The summed E-state index contributed by atoms with van der Waals surface area (Å²) in [5.74, 6) is 0.122. The number of rotatable bonds is 1. The molecule has 0 unspecified atom stereocenters. The van der Waals surface area contributed by atoms with E-state index in [0.717, 1.165) is 37.1 Å². The van der Waals surface area contributed by atoms with Crippen molar-refractivity contribution >= 4 is 5.91 Å². The van der Waals surface area contributed by atoms with E-state index in [0.29, 0.717) is 13.2 Å². The highest BCUT2D eigenvalue weighted by Gasteiger charge is 2.22. The summed E-state index contributed by atoms with van der Waals surface area (Å²) in [6, 6.07) is 6.14. The lowest BCUT2D eigenvalue weighted by Gasteiger charge is -2.30. The molecule has 0 saturated carbocycles. The molecule has 3 rings (SSSR count). The molecule has 2 aliphatic rings. The van der Waals surface area contributed by atoms with Gasteiger partial charge in [-0.3, -0.25) is 4.79 Å². The van der Waals surface area contributed by atoms with Crippen LogP contribution in [-0.2, 0) is 18.0 Å². The van der Waals surface area contributed by atoms with Crippen LogP contribution in [0, 0.1) is 0 Å². The van der Waals surface area contributed by atoms with Crippen molar-refractivity contribution < 1.29 is 9.53 Å². The van der Waals surface area contributed by atoms with Crippen LogP contribution in [0.15, 0.2) is 18.2 Å². The predicted molar refractivity (Wildman–Crippen MR) is 68.0 cm³/mol. The molecule has 1 fully saturated rings. The van der Waals surface area contributed by atoms with E-state index in [1.54, 1.807) is 0 Å². The number of nitrogens with zero attached hydrogens (tertiary/aromatic N) is 1. The number of carbonyl (C=O) groups is 1. The molecule has 18 heavy (non-hydrogen) atoms. The van der Waals surface area contributed by atoms with E-state index in [2.05, 4.69) is 0 Å². The fraction of sp³-hybridized carbons (Fsp3) is 0.500. The first-order chi connectivity index (χ1) is 8.74. The van der Waals surface area contributed by atoms with Gasteiger partial charge in [0.25, 0.3) is 5.91 Å². The third kappa shape index (κ3) is 2.13. The van der Waals surface area contributed by atoms with Gasteiger partial charge in [0.2, 0.25) is 0 Å². The van der Waals surface area contributed by atoms with Crippen molar-refractivity contribution in [1.29, 1.82) is 0 Å². The van der Waals surface area contributed by atoms with Gasteiger partial charge in [-0.1, -0.05) is 6.07 Å². The summed E-state index contributed by atoms with van der Waals surface area (Å²) in [6.45, 7) is 2.84. The third-order valence-corrected chi connectivity index (χ3v) is 3.80. The molecule has 4 nitrogen and oxygen atoms in total. The van der Waals surface area contributed by atoms with E-state index >= 15 is 0 Å². The molecule has 4 heteroatoms. The largest absolute Gasteiger partial charge is 0.372 e. The first kappa shape index (κ1) is 11.7. The lowest BCUT2D eigenvalue weighted by Crippen LogP contribution is -2.42. The lowest BCUT2D eigenvalue weighted by molar-refractivity contribution is 0.0714. The molecular formula is C14H18N2O2. The highest BCUT2D eigenvalue weighted by molar-refractivity contribution is 5.94. The van der Waals surface area contributed by atoms with Gasteiger partial charge in [0, 0.05) is 24.7 Å². The Morgan fingerprint density at radius 2 is 1.94 bits per heavy atom. The van der Waals surface area contributed by atoms with Crippen LogP contribution >= 0.6 is 0 Å². The molecule has 0 radical (unpaired) electrons. The minimum atomic E-state index is 0.122. The van der Waals surface area contributed by atoms with E-state index in [1.165, 1.54) is 5.56 Å². The van der Waals surface area contributed by atoms with Crippen molar-refractivity contribution in [3.63, 3.8) is 0 Å². The Kier molecular flexibility index (Phi) is 3.06. The minimum absolute atomic E-state index is 0.122. The van der Waals surface area contributed by atoms with Crippen molar-refractivity contribution in [2.45, 2.75) is 32.1 Å². The van der Waals surface area contributed by atoms with Crippen LogP contribution in [-0.4, -0.2) is 29.9 Å². The van der Waals surface area contributed by atoms with Crippen molar-refractivity contribution in [3.05, 3.63) is 34.9 Å². The van der Waals surface area contributed by atoms with Crippen LogP contribution in [0.3, 0.4) is 0 Å². The smallest absolute Gasteiger partial charge is 0.253 e. The first-order valence-corrected chi connectivity index (χ1v) is 6.48. The number of fused-ring (bicyclic) bond motifs is 1. The normalized spacial score (nSPS) is 19.9. The molecule has 1 aromatic carbocycles. The zero-order valence-corrected chi connectivity index (χ0v) is 10.4. The summed E-state index contributed by atoms with van der Waals surface area (Å²) in [4.78, 5) is 14.3. The van der Waals surface area contributed by atoms with Crippen molar-refractivity contribution in [1.82, 2.24) is 4.90 Å². The molecule has 2 heterocycles. The number of amides is 1. The van der Waals surface area contributed by atoms with Gasteiger partial charge in [0.15, 0.2) is 0 Å². The van der Waals surface area contributed by atoms with Gasteiger partial charge < -0.3 is 15.4 Å². The van der Waals surface area contributed by atoms with Gasteiger partial charge in [-0.2, -0.15) is 0 Å². The summed E-state index contributed by atoms with van der Waals surface area (Å²) < 4.78 is 5.37. The summed E-state index contributed by atoms with van der Waals surface area (Å²) in [5, 5.41) is 0. The lowest BCUT2D eigenvalue weighted by atomic mass is 10.0. The Hall–Kier alpha value is -1.39. The van der Waals surface area contributed by atoms with E-state index in [4.69, 9.17) is 10.5 Å². The molecule has 0 atom stereocenters. The topological polar surface area (TPSA) is 55.6 Å². The second-order valence-electron chi connectivity index (χ2n) is 5.11. The molecular weight excluding hydrogens is 228 g/mol. The standard InChI is InChI=1S/C14H18N2O2/c15-13-3-5-16(6-4-13)14(17)10-1-2-11-8-18-9-12(11)7-10/h1-2,7,13H,3-6,8-9,15H2. The number of hydrogen-bond acceptors (Lipinski definition) is 3. The zero-order valence-electron chi connectivity index (χ0n) is 10.4. The molecule has 2 aliphatic heterocycles. The summed E-state index contributed by atoms with van der Waals surface area (Å²) in [5.41, 5.74) is 8.98. The Morgan fingerprint density at radius 1 is 1.22 bits per heavy atom. The Bertz CT molecular complexity index is 465. The maximum atomic E-state index is 12.4. The Morgan fingerprint density at radius 3 is 2.72 bits per heavy atom. The predicted octanol–water partition coefficient (Wildman–Crippen LogP) is 1.28. The fourth-order valence-corrected chi connectivity index (χ4v) is 2.59. The molecule has 0 bridgehead atoms. The number of ether oxygens (including phenoxy) is 1. The van der Waals surface area contributed by atoms with E-state index in [9.17, 15) is 4.79 Å². The van der Waals surface area contributed by atoms with Gasteiger partial charge >= 0.3 is 0 Å². The molecule has 0 aromatic heterocycles. The zero-order chi connectivity index (χ0) is 12.5. The monoisotopic (exact) mass is 246 g/mol. The Balaban J connectivity index is 1.76. The number of benzene rings is 1. The SMILES string of the molecule is NC1CCN(C(=O)c2ccc3c(c2)COC3)CC1. The van der Waals surface area contributed by atoms with Gasteiger partial charge in [0.05, 0.1) is 13.2 Å². The Labute approximate surface area is 107 Å². The van der Waals surface area contributed by atoms with Crippen LogP contribution < -0.4 is 5.73 Å². The maximum absolute atomic E-state index is 12.4. The van der Waals surface area contributed by atoms with Crippen molar-refractivity contribution in [2.24, 2.45) is 5.73 Å². The highest BCUT2D eigenvalue weighted by Crippen LogP contribution is 2.22. The van der Waals surface area contributed by atoms with Crippen molar-refractivity contribution in [3.8, 4) is 0 Å². The van der Waals surface area contributed by atoms with Gasteiger partial charge in [-0.05, 0) is 36.1 Å². The maximum Gasteiger partial charge on any atom is 0.253 e. The average molecular weight is 246 g/mol. The summed E-state index contributed by atoms with van der Waals surface area (Å²) in [7, 11) is 0. The molecule has 1 saturated heterocycles. The third-order valence-electron chi connectivity index (χ3n) is 3.80. The van der Waals surface area contributed by atoms with E-state index < -0.39 is 0 Å². The number of piperidine rings is 1. The molecule has 0 spiro atoms. The number of likely N-dealkylation sites (tertiary alicyclic amines) is 1. The van der Waals surface area contributed by atoms with Crippen molar-refractivity contribution in [2.75, 3.05) is 13.1 Å². The quantitative estimate of drug-likeness (QED) is 0.812. The van der Waals surface area contributed by atoms with Crippen LogP contribution in [0.1, 0.15) is 34.3 Å². The molecule has 1 aromatic rings. The van der Waals surface area contributed by atoms with Crippen LogP contribution in [0.2, 0.25) is 0 Å². The number of hydrogen-bond donors (Lipinski definition) is 1. The molecule has 1 amide bonds. The second-order valence-corrected chi connectivity index (χ2v) is 5.11. The fourth-order valence-electron chi connectivity index (χ4n) is 2.59. The molecule has 0 aliphatic carbocycles.